The first-order valence-corrected chi connectivity index (χ1v) is 5.67. The predicted octanol–water partition coefficient (Wildman–Crippen LogP) is 0.539. The number of nitrogens with one attached hydrogen (secondary N) is 1. The molecular weight excluding hydrogens is 194 g/mol. The van der Waals surface area contributed by atoms with Crippen molar-refractivity contribution in [3.05, 3.63) is 0 Å². The number of aliphatic hydroxyl groups excluding tert-OH is 1. The lowest BCUT2D eigenvalue weighted by Gasteiger charge is -2.34. The number of aliphatic hydroxyl groups is 1. The standard InChI is InChI=1S/C11H23NO3/c1-8-4-10(5-9(2)15-8)12-11(6-13)7-14-3/h8-13H,4-7H2,1-3H3. The molecule has 1 heterocycles. The van der Waals surface area contributed by atoms with E-state index < -0.39 is 0 Å². The Morgan fingerprint density at radius 1 is 1.40 bits per heavy atom. The molecular formula is C11H23NO3. The van der Waals surface area contributed by atoms with E-state index in [9.17, 15) is 0 Å². The molecule has 0 amide bonds. The van der Waals surface area contributed by atoms with Crippen molar-refractivity contribution in [1.82, 2.24) is 5.32 Å². The van der Waals surface area contributed by atoms with Crippen molar-refractivity contribution in [3.8, 4) is 0 Å². The van der Waals surface area contributed by atoms with E-state index in [-0.39, 0.29) is 12.6 Å². The van der Waals surface area contributed by atoms with Crippen molar-refractivity contribution < 1.29 is 14.6 Å². The van der Waals surface area contributed by atoms with E-state index in [0.29, 0.717) is 24.9 Å². The van der Waals surface area contributed by atoms with Crippen LogP contribution in [0.25, 0.3) is 0 Å². The first-order valence-electron chi connectivity index (χ1n) is 5.67. The van der Waals surface area contributed by atoms with E-state index in [0.717, 1.165) is 12.8 Å². The smallest absolute Gasteiger partial charge is 0.0638 e. The van der Waals surface area contributed by atoms with Gasteiger partial charge in [0.05, 0.1) is 31.5 Å². The van der Waals surface area contributed by atoms with Gasteiger partial charge in [-0.25, -0.2) is 0 Å². The molecule has 4 heteroatoms. The van der Waals surface area contributed by atoms with Crippen LogP contribution in [0.1, 0.15) is 26.7 Å². The van der Waals surface area contributed by atoms with Gasteiger partial charge in [-0.1, -0.05) is 0 Å². The van der Waals surface area contributed by atoms with E-state index in [1.165, 1.54) is 0 Å². The zero-order chi connectivity index (χ0) is 11.3. The van der Waals surface area contributed by atoms with Gasteiger partial charge in [0, 0.05) is 13.2 Å². The van der Waals surface area contributed by atoms with Crippen LogP contribution in [0.3, 0.4) is 0 Å². The number of hydrogen-bond acceptors (Lipinski definition) is 4. The molecule has 15 heavy (non-hydrogen) atoms. The Hall–Kier alpha value is -0.160. The molecule has 0 aromatic rings. The molecule has 2 N–H and O–H groups in total. The predicted molar refractivity (Wildman–Crippen MR) is 58.9 cm³/mol. The molecule has 3 atom stereocenters. The molecule has 0 aliphatic carbocycles. The molecule has 0 aromatic heterocycles. The van der Waals surface area contributed by atoms with Crippen LogP contribution in [0, 0.1) is 0 Å². The molecule has 0 spiro atoms. The van der Waals surface area contributed by atoms with Crippen LogP contribution in [0.15, 0.2) is 0 Å². The van der Waals surface area contributed by atoms with Crippen molar-refractivity contribution in [2.24, 2.45) is 0 Å². The van der Waals surface area contributed by atoms with Gasteiger partial charge in [-0.15, -0.1) is 0 Å². The van der Waals surface area contributed by atoms with Gasteiger partial charge in [0.2, 0.25) is 0 Å². The van der Waals surface area contributed by atoms with Gasteiger partial charge in [-0.3, -0.25) is 0 Å². The Morgan fingerprint density at radius 2 is 2.00 bits per heavy atom. The first-order chi connectivity index (χ1) is 7.15. The molecule has 1 aliphatic heterocycles. The van der Waals surface area contributed by atoms with Crippen molar-refractivity contribution >= 4 is 0 Å². The van der Waals surface area contributed by atoms with E-state index >= 15 is 0 Å². The second-order valence-corrected chi connectivity index (χ2v) is 4.43. The fourth-order valence-electron chi connectivity index (χ4n) is 2.23. The van der Waals surface area contributed by atoms with E-state index in [1.54, 1.807) is 7.11 Å². The van der Waals surface area contributed by atoms with Crippen molar-refractivity contribution in [2.75, 3.05) is 20.3 Å². The molecule has 90 valence electrons. The molecule has 1 saturated heterocycles. The normalized spacial score (nSPS) is 34.0. The van der Waals surface area contributed by atoms with Crippen LogP contribution in [0.2, 0.25) is 0 Å². The van der Waals surface area contributed by atoms with Crippen LogP contribution in [0.5, 0.6) is 0 Å². The Labute approximate surface area is 92.0 Å². The van der Waals surface area contributed by atoms with Crippen molar-refractivity contribution in [1.29, 1.82) is 0 Å². The van der Waals surface area contributed by atoms with Gasteiger partial charge in [0.25, 0.3) is 0 Å². The third-order valence-electron chi connectivity index (χ3n) is 2.76. The zero-order valence-corrected chi connectivity index (χ0v) is 9.90. The molecule has 3 unspecified atom stereocenters. The highest BCUT2D eigenvalue weighted by Crippen LogP contribution is 2.19. The highest BCUT2D eigenvalue weighted by molar-refractivity contribution is 4.81. The monoisotopic (exact) mass is 217 g/mol. The van der Waals surface area contributed by atoms with Gasteiger partial charge >= 0.3 is 0 Å². The number of methoxy groups -OCH3 is 1. The minimum absolute atomic E-state index is 0.0394. The van der Waals surface area contributed by atoms with Crippen LogP contribution in [-0.4, -0.2) is 49.7 Å². The summed E-state index contributed by atoms with van der Waals surface area (Å²) in [5, 5.41) is 12.6. The summed E-state index contributed by atoms with van der Waals surface area (Å²) in [6.45, 7) is 4.85. The molecule has 4 nitrogen and oxygen atoms in total. The molecule has 1 aliphatic rings. The second kappa shape index (κ2) is 6.43. The van der Waals surface area contributed by atoms with E-state index in [1.807, 2.05) is 0 Å². The third kappa shape index (κ3) is 4.47. The average Bonchev–Trinajstić information content (AvgIpc) is 2.15. The minimum Gasteiger partial charge on any atom is -0.395 e. The largest absolute Gasteiger partial charge is 0.395 e. The summed E-state index contributed by atoms with van der Waals surface area (Å²) in [5.41, 5.74) is 0. The molecule has 0 radical (unpaired) electrons. The maximum Gasteiger partial charge on any atom is 0.0638 e. The van der Waals surface area contributed by atoms with Crippen LogP contribution in [0.4, 0.5) is 0 Å². The maximum atomic E-state index is 9.15. The lowest BCUT2D eigenvalue weighted by Crippen LogP contribution is -2.48. The van der Waals surface area contributed by atoms with Crippen molar-refractivity contribution in [3.63, 3.8) is 0 Å². The summed E-state index contributed by atoms with van der Waals surface area (Å²) in [7, 11) is 1.65. The van der Waals surface area contributed by atoms with Gasteiger partial charge in [-0.05, 0) is 26.7 Å². The Kier molecular flexibility index (Phi) is 5.53. The van der Waals surface area contributed by atoms with Crippen molar-refractivity contribution in [2.45, 2.75) is 51.0 Å². The summed E-state index contributed by atoms with van der Waals surface area (Å²) < 4.78 is 10.7. The van der Waals surface area contributed by atoms with Crippen LogP contribution < -0.4 is 5.32 Å². The lowest BCUT2D eigenvalue weighted by atomic mass is 9.99. The SMILES string of the molecule is COCC(CO)NC1CC(C)OC(C)C1. The Balaban J connectivity index is 2.35. The quantitative estimate of drug-likeness (QED) is 0.705. The third-order valence-corrected chi connectivity index (χ3v) is 2.76. The van der Waals surface area contributed by atoms with Crippen LogP contribution >= 0.6 is 0 Å². The fourth-order valence-corrected chi connectivity index (χ4v) is 2.23. The number of ether oxygens (including phenoxy) is 2. The molecule has 1 fully saturated rings. The fraction of sp³-hybridized carbons (Fsp3) is 1.00. The maximum absolute atomic E-state index is 9.15. The van der Waals surface area contributed by atoms with Gasteiger partial charge in [0.1, 0.15) is 0 Å². The topological polar surface area (TPSA) is 50.7 Å². The van der Waals surface area contributed by atoms with E-state index in [2.05, 4.69) is 19.2 Å². The summed E-state index contributed by atoms with van der Waals surface area (Å²) in [6.07, 6.45) is 2.61. The molecule has 1 rings (SSSR count). The summed E-state index contributed by atoms with van der Waals surface area (Å²) in [5.74, 6) is 0. The number of hydrogen-bond donors (Lipinski definition) is 2. The second-order valence-electron chi connectivity index (χ2n) is 4.43. The summed E-state index contributed by atoms with van der Waals surface area (Å²) >= 11 is 0. The average molecular weight is 217 g/mol. The van der Waals surface area contributed by atoms with E-state index in [4.69, 9.17) is 14.6 Å². The minimum atomic E-state index is 0.0394. The molecule has 0 saturated carbocycles. The molecule has 0 bridgehead atoms. The van der Waals surface area contributed by atoms with Gasteiger partial charge < -0.3 is 19.9 Å². The lowest BCUT2D eigenvalue weighted by molar-refractivity contribution is -0.0460. The van der Waals surface area contributed by atoms with Gasteiger partial charge in [0.15, 0.2) is 0 Å². The van der Waals surface area contributed by atoms with Gasteiger partial charge in [-0.2, -0.15) is 0 Å². The van der Waals surface area contributed by atoms with Crippen LogP contribution in [-0.2, 0) is 9.47 Å². The molecule has 0 aromatic carbocycles. The Morgan fingerprint density at radius 3 is 2.47 bits per heavy atom. The highest BCUT2D eigenvalue weighted by Gasteiger charge is 2.25. The first kappa shape index (κ1) is 12.9. The summed E-state index contributed by atoms with van der Waals surface area (Å²) in [6, 6.07) is 0.466. The Bertz CT molecular complexity index is 167. The number of rotatable bonds is 5. The zero-order valence-electron chi connectivity index (χ0n) is 9.90. The summed E-state index contributed by atoms with van der Waals surface area (Å²) in [4.78, 5) is 0. The highest BCUT2D eigenvalue weighted by atomic mass is 16.5.